The van der Waals surface area contributed by atoms with Crippen LogP contribution in [0.4, 0.5) is 5.69 Å². The van der Waals surface area contributed by atoms with E-state index in [2.05, 4.69) is 74.1 Å². The Kier molecular flexibility index (Phi) is 3.47. The highest BCUT2D eigenvalue weighted by Crippen LogP contribution is 2.41. The zero-order valence-corrected chi connectivity index (χ0v) is 12.9. The van der Waals surface area contributed by atoms with E-state index in [9.17, 15) is 0 Å². The maximum absolute atomic E-state index is 5.74. The van der Waals surface area contributed by atoms with Gasteiger partial charge in [-0.25, -0.2) is 0 Å². The first-order valence-corrected chi connectivity index (χ1v) is 7.48. The van der Waals surface area contributed by atoms with Crippen LogP contribution in [0.5, 0.6) is 0 Å². The summed E-state index contributed by atoms with van der Waals surface area (Å²) < 4.78 is 0. The maximum Gasteiger partial charge on any atom is 0.111 e. The summed E-state index contributed by atoms with van der Waals surface area (Å²) in [5, 5.41) is 0. The van der Waals surface area contributed by atoms with Gasteiger partial charge in [-0.2, -0.15) is 0 Å². The monoisotopic (exact) mass is 275 g/mol. The molecular formula is C20H21N. The number of hydrogen-bond donors (Lipinski definition) is 0. The van der Waals surface area contributed by atoms with Crippen molar-refractivity contribution in [3.8, 4) is 12.3 Å². The topological polar surface area (TPSA) is 3.01 Å². The van der Waals surface area contributed by atoms with Crippen molar-refractivity contribution in [2.75, 3.05) is 4.90 Å². The van der Waals surface area contributed by atoms with E-state index < -0.39 is 0 Å². The second-order valence-corrected chi connectivity index (χ2v) is 6.02. The Morgan fingerprint density at radius 1 is 1.05 bits per heavy atom. The summed E-state index contributed by atoms with van der Waals surface area (Å²) in [6.07, 6.45) is 6.76. The zero-order valence-electron chi connectivity index (χ0n) is 12.9. The van der Waals surface area contributed by atoms with Crippen LogP contribution >= 0.6 is 0 Å². The van der Waals surface area contributed by atoms with Crippen molar-refractivity contribution < 1.29 is 0 Å². The quantitative estimate of drug-likeness (QED) is 0.603. The van der Waals surface area contributed by atoms with Gasteiger partial charge in [0, 0.05) is 5.69 Å². The molecule has 1 heteroatoms. The van der Waals surface area contributed by atoms with Crippen molar-refractivity contribution in [1.29, 1.82) is 0 Å². The van der Waals surface area contributed by atoms with Crippen LogP contribution < -0.4 is 4.90 Å². The first kappa shape index (κ1) is 13.8. The average Bonchev–Trinajstić information content (AvgIpc) is 3.11. The van der Waals surface area contributed by atoms with Gasteiger partial charge in [-0.3, -0.25) is 0 Å². The fourth-order valence-corrected chi connectivity index (χ4v) is 3.42. The van der Waals surface area contributed by atoms with Crippen LogP contribution in [-0.2, 0) is 6.42 Å². The van der Waals surface area contributed by atoms with Gasteiger partial charge in [0.2, 0.25) is 0 Å². The predicted octanol–water partition coefficient (Wildman–Crippen LogP) is 4.04. The van der Waals surface area contributed by atoms with Gasteiger partial charge in [0.1, 0.15) is 6.04 Å². The van der Waals surface area contributed by atoms with E-state index in [-0.39, 0.29) is 6.04 Å². The Morgan fingerprint density at radius 2 is 1.67 bits per heavy atom. The molecule has 0 radical (unpaired) electrons. The molecule has 2 aromatic carbocycles. The second-order valence-electron chi connectivity index (χ2n) is 6.02. The van der Waals surface area contributed by atoms with Gasteiger partial charge in [0.15, 0.2) is 0 Å². The van der Waals surface area contributed by atoms with Crippen molar-refractivity contribution in [1.82, 2.24) is 0 Å². The number of rotatable bonds is 3. The van der Waals surface area contributed by atoms with Crippen LogP contribution in [0.3, 0.4) is 0 Å². The molecule has 1 heterocycles. The van der Waals surface area contributed by atoms with Crippen LogP contribution in [0.25, 0.3) is 0 Å². The standard InChI is InChI=1S/C20H21N/c1-5-18-19(13-17-9-7-6-8-10-17)21(18)20-15(3)11-14(2)12-16(20)4/h1,6-12,18-19H,13H2,2-4H3/t18-,19-,21?/m1/s1. The average molecular weight is 275 g/mol. The summed E-state index contributed by atoms with van der Waals surface area (Å²) in [7, 11) is 0. The molecule has 2 aromatic rings. The van der Waals surface area contributed by atoms with Crippen LogP contribution in [0.1, 0.15) is 22.3 Å². The lowest BCUT2D eigenvalue weighted by atomic mass is 10.0. The number of anilines is 1. The molecule has 0 saturated carbocycles. The minimum absolute atomic E-state index is 0.227. The molecule has 106 valence electrons. The van der Waals surface area contributed by atoms with Gasteiger partial charge in [-0.1, -0.05) is 53.9 Å². The fourth-order valence-electron chi connectivity index (χ4n) is 3.42. The van der Waals surface area contributed by atoms with Crippen LogP contribution in [0, 0.1) is 33.1 Å². The van der Waals surface area contributed by atoms with Crippen molar-refractivity contribution in [2.24, 2.45) is 0 Å². The predicted molar refractivity (Wildman–Crippen MR) is 89.7 cm³/mol. The van der Waals surface area contributed by atoms with E-state index in [0.717, 1.165) is 6.42 Å². The third-order valence-corrected chi connectivity index (χ3v) is 4.28. The van der Waals surface area contributed by atoms with Gasteiger partial charge in [0.05, 0.1) is 6.04 Å². The molecule has 2 atom stereocenters. The second kappa shape index (κ2) is 5.30. The summed E-state index contributed by atoms with van der Waals surface area (Å²) in [5.74, 6) is 2.95. The van der Waals surface area contributed by atoms with Crippen LogP contribution in [-0.4, -0.2) is 12.1 Å². The molecule has 0 N–H and O–H groups in total. The highest BCUT2D eigenvalue weighted by molar-refractivity contribution is 5.68. The third-order valence-electron chi connectivity index (χ3n) is 4.28. The van der Waals surface area contributed by atoms with Crippen molar-refractivity contribution in [2.45, 2.75) is 39.3 Å². The van der Waals surface area contributed by atoms with E-state index in [1.165, 1.54) is 27.9 Å². The Bertz CT molecular complexity index is 671. The van der Waals surface area contributed by atoms with E-state index in [1.54, 1.807) is 0 Å². The molecule has 0 amide bonds. The van der Waals surface area contributed by atoms with Crippen LogP contribution in [0.15, 0.2) is 42.5 Å². The van der Waals surface area contributed by atoms with Gasteiger partial charge in [-0.15, -0.1) is 6.42 Å². The molecule has 0 unspecified atom stereocenters. The Labute approximate surface area is 127 Å². The minimum atomic E-state index is 0.227. The molecule has 1 fully saturated rings. The smallest absolute Gasteiger partial charge is 0.111 e. The lowest BCUT2D eigenvalue weighted by molar-refractivity contribution is 0.940. The molecule has 0 aromatic heterocycles. The largest absolute Gasteiger partial charge is 0.349 e. The molecule has 0 aliphatic carbocycles. The molecule has 0 bridgehead atoms. The number of aryl methyl sites for hydroxylation is 3. The lowest BCUT2D eigenvalue weighted by Gasteiger charge is -2.14. The molecule has 3 rings (SSSR count). The first-order chi connectivity index (χ1) is 10.1. The van der Waals surface area contributed by atoms with Crippen molar-refractivity contribution in [3.63, 3.8) is 0 Å². The number of hydrogen-bond acceptors (Lipinski definition) is 1. The molecule has 0 spiro atoms. The third kappa shape index (κ3) is 2.54. The highest BCUT2D eigenvalue weighted by atomic mass is 15.4. The summed E-state index contributed by atoms with van der Waals surface area (Å²) in [6, 6.07) is 15.7. The van der Waals surface area contributed by atoms with E-state index in [4.69, 9.17) is 6.42 Å². The van der Waals surface area contributed by atoms with Crippen LogP contribution in [0.2, 0.25) is 0 Å². The molecule has 1 saturated heterocycles. The normalized spacial score (nSPS) is 20.2. The number of terminal acetylenes is 1. The molecule has 21 heavy (non-hydrogen) atoms. The fraction of sp³-hybridized carbons (Fsp3) is 0.300. The molecule has 1 aliphatic heterocycles. The van der Waals surface area contributed by atoms with E-state index in [1.807, 2.05) is 0 Å². The lowest BCUT2D eigenvalue weighted by Crippen LogP contribution is -2.06. The minimum Gasteiger partial charge on any atom is -0.349 e. The first-order valence-electron chi connectivity index (χ1n) is 7.48. The molecule has 1 aliphatic rings. The summed E-state index contributed by atoms with van der Waals surface area (Å²) in [6.45, 7) is 6.51. The van der Waals surface area contributed by atoms with Gasteiger partial charge in [0.25, 0.3) is 0 Å². The highest BCUT2D eigenvalue weighted by Gasteiger charge is 2.47. The SMILES string of the molecule is C#C[C@@H]1[C@@H](Cc2ccccc2)N1c1c(C)cc(C)cc1C. The van der Waals surface area contributed by atoms with Gasteiger partial charge >= 0.3 is 0 Å². The van der Waals surface area contributed by atoms with E-state index >= 15 is 0 Å². The van der Waals surface area contributed by atoms with E-state index in [0.29, 0.717) is 6.04 Å². The summed E-state index contributed by atoms with van der Waals surface area (Å²) in [4.78, 5) is 2.40. The Hall–Kier alpha value is -2.20. The number of nitrogens with zero attached hydrogens (tertiary/aromatic N) is 1. The molecular weight excluding hydrogens is 254 g/mol. The van der Waals surface area contributed by atoms with Crippen molar-refractivity contribution in [3.05, 3.63) is 64.7 Å². The number of benzene rings is 2. The van der Waals surface area contributed by atoms with Crippen molar-refractivity contribution >= 4 is 5.69 Å². The Morgan fingerprint density at radius 3 is 2.24 bits per heavy atom. The van der Waals surface area contributed by atoms with Gasteiger partial charge in [-0.05, 0) is 43.9 Å². The summed E-state index contributed by atoms with van der Waals surface area (Å²) in [5.41, 5.74) is 6.64. The maximum atomic E-state index is 5.74. The zero-order chi connectivity index (χ0) is 15.0. The van der Waals surface area contributed by atoms with Gasteiger partial charge < -0.3 is 4.90 Å². The Balaban J connectivity index is 1.88. The molecule has 1 nitrogen and oxygen atoms in total. The summed E-state index contributed by atoms with van der Waals surface area (Å²) >= 11 is 0.